The highest BCUT2D eigenvalue weighted by Crippen LogP contribution is 2.38. The van der Waals surface area contributed by atoms with Gasteiger partial charge in [0.05, 0.1) is 66.2 Å². The molecule has 0 aliphatic rings. The molecule has 0 heterocycles. The Bertz CT molecular complexity index is 1750. The summed E-state index contributed by atoms with van der Waals surface area (Å²) < 4.78 is 1.17. The van der Waals surface area contributed by atoms with Gasteiger partial charge in [-0.15, -0.1) is 0 Å². The number of halogens is 4. The molecule has 0 saturated heterocycles. The SMILES string of the molecule is Cc1c(C(=O)N(C)CC(O)CO)c(I)c(C(=O)NCCCNC(=O)c2c(C)c(N(C)C(=O)CO)c(I)c(C(=O)N(C)CC(O)CO)c2I)c(I)c1N(C)C(=O)CO. The van der Waals surface area contributed by atoms with E-state index in [1.807, 2.05) is 90.4 Å². The normalized spacial score (nSPS) is 12.1. The number of carbonyl (C=O) groups excluding carboxylic acids is 6. The molecule has 0 bridgehead atoms. The second-order valence-corrected chi connectivity index (χ2v) is 17.1. The molecular weight excluding hydrogens is 1200 g/mol. The summed E-state index contributed by atoms with van der Waals surface area (Å²) >= 11 is 7.51. The molecule has 6 amide bonds. The lowest BCUT2D eigenvalue weighted by Gasteiger charge is -2.27. The van der Waals surface area contributed by atoms with Crippen LogP contribution in [0.4, 0.5) is 11.4 Å². The van der Waals surface area contributed by atoms with Crippen molar-refractivity contribution in [2.45, 2.75) is 32.5 Å². The Hall–Kier alpha value is -2.06. The highest BCUT2D eigenvalue weighted by atomic mass is 127. The number of hydrogen-bond acceptors (Lipinski definition) is 12. The molecule has 0 spiro atoms. The summed E-state index contributed by atoms with van der Waals surface area (Å²) in [6, 6.07) is 0. The van der Waals surface area contributed by atoms with E-state index in [9.17, 15) is 59.4 Å². The summed E-state index contributed by atoms with van der Waals surface area (Å²) in [5.74, 6) is -3.76. The number of nitrogens with zero attached hydrogens (tertiary/aromatic N) is 4. The molecule has 0 fully saturated rings. The molecule has 0 aliphatic heterocycles. The third-order valence-corrected chi connectivity index (χ3v) is 13.0. The van der Waals surface area contributed by atoms with Gasteiger partial charge in [-0.1, -0.05) is 0 Å². The molecule has 0 saturated carbocycles. The van der Waals surface area contributed by atoms with E-state index in [1.165, 1.54) is 38.0 Å². The molecule has 0 aromatic heterocycles. The van der Waals surface area contributed by atoms with Crippen LogP contribution in [-0.4, -0.2) is 169 Å². The van der Waals surface area contributed by atoms with E-state index in [0.29, 0.717) is 18.3 Å². The predicted octanol–water partition coefficient (Wildman–Crippen LogP) is 0.0323. The first-order valence-electron chi connectivity index (χ1n) is 17.1. The Balaban J connectivity index is 2.45. The van der Waals surface area contributed by atoms with E-state index in [-0.39, 0.29) is 73.4 Å². The molecule has 0 aliphatic carbocycles. The van der Waals surface area contributed by atoms with Crippen molar-refractivity contribution in [2.75, 3.05) is 90.6 Å². The van der Waals surface area contributed by atoms with Crippen LogP contribution < -0.4 is 20.4 Å². The molecule has 8 N–H and O–H groups in total. The van der Waals surface area contributed by atoms with Gasteiger partial charge in [-0.3, -0.25) is 28.8 Å². The van der Waals surface area contributed by atoms with Gasteiger partial charge >= 0.3 is 0 Å². The molecule has 2 aromatic rings. The van der Waals surface area contributed by atoms with E-state index in [0.717, 1.165) is 9.80 Å². The standard InChI is InChI=1S/C35H46I4N6O12/c1-16-22(26(36)25(35(57)43(4)11-19(51)13-47)29(39)30(16)44(5)20(52)14-48)32(54)40-8-7-9-41-33(55)24-27(37)23(34(56)42(3)10-18(50)12-46)17(2)31(28(24)38)45(6)21(53)15-49/h18-19,46-51H,7-15H2,1-6H3,(H,40,54)(H,41,55). The van der Waals surface area contributed by atoms with Crippen LogP contribution in [0.3, 0.4) is 0 Å². The molecule has 316 valence electrons. The van der Waals surface area contributed by atoms with Crippen molar-refractivity contribution in [2.24, 2.45) is 0 Å². The Kier molecular flexibility index (Phi) is 20.7. The van der Waals surface area contributed by atoms with Crippen LogP contribution in [0.1, 0.15) is 59.0 Å². The zero-order valence-electron chi connectivity index (χ0n) is 32.0. The second kappa shape index (κ2) is 23.1. The molecule has 2 aromatic carbocycles. The van der Waals surface area contributed by atoms with Crippen LogP contribution in [0, 0.1) is 28.1 Å². The summed E-state index contributed by atoms with van der Waals surface area (Å²) in [6.07, 6.45) is -2.23. The lowest BCUT2D eigenvalue weighted by atomic mass is 9.99. The van der Waals surface area contributed by atoms with Crippen molar-refractivity contribution in [1.82, 2.24) is 20.4 Å². The molecule has 0 radical (unpaired) electrons. The molecular formula is C35H46I4N6O12. The highest BCUT2D eigenvalue weighted by Gasteiger charge is 2.33. The Labute approximate surface area is 384 Å². The number of aliphatic hydroxyl groups is 6. The van der Waals surface area contributed by atoms with Gasteiger partial charge in [0.15, 0.2) is 0 Å². The number of hydrogen-bond donors (Lipinski definition) is 8. The van der Waals surface area contributed by atoms with E-state index in [4.69, 9.17) is 0 Å². The zero-order valence-corrected chi connectivity index (χ0v) is 40.6. The van der Waals surface area contributed by atoms with Crippen molar-refractivity contribution >= 4 is 137 Å². The number of rotatable bonds is 18. The highest BCUT2D eigenvalue weighted by molar-refractivity contribution is 14.1. The maximum absolute atomic E-state index is 13.8. The average molecular weight is 1250 g/mol. The maximum atomic E-state index is 13.8. The van der Waals surface area contributed by atoms with Gasteiger partial charge < -0.3 is 60.9 Å². The number of nitrogens with one attached hydrogen (secondary N) is 2. The zero-order chi connectivity index (χ0) is 43.6. The number of likely N-dealkylation sites (N-methyl/N-ethyl adjacent to an activating group) is 4. The third kappa shape index (κ3) is 12.0. The first-order chi connectivity index (χ1) is 26.6. The number of carbonyl (C=O) groups is 6. The van der Waals surface area contributed by atoms with Gasteiger partial charge in [0.2, 0.25) is 0 Å². The summed E-state index contributed by atoms with van der Waals surface area (Å²) in [4.78, 5) is 84.7. The minimum absolute atomic E-state index is 0.0369. The number of amides is 6. The fraction of sp³-hybridized carbons (Fsp3) is 0.486. The maximum Gasteiger partial charge on any atom is 0.255 e. The van der Waals surface area contributed by atoms with Gasteiger partial charge in [-0.05, 0) is 122 Å². The second-order valence-electron chi connectivity index (χ2n) is 12.8. The van der Waals surface area contributed by atoms with Crippen LogP contribution >= 0.6 is 90.4 Å². The van der Waals surface area contributed by atoms with Crippen molar-refractivity contribution in [1.29, 1.82) is 0 Å². The number of aliphatic hydroxyl groups excluding tert-OH is 6. The van der Waals surface area contributed by atoms with Crippen LogP contribution in [0.5, 0.6) is 0 Å². The molecule has 22 heteroatoms. The Morgan fingerprint density at radius 2 is 0.912 bits per heavy atom. The van der Waals surface area contributed by atoms with E-state index >= 15 is 0 Å². The fourth-order valence-corrected chi connectivity index (χ4v) is 11.6. The first-order valence-corrected chi connectivity index (χ1v) is 21.4. The van der Waals surface area contributed by atoms with Crippen LogP contribution in [0.15, 0.2) is 0 Å². The van der Waals surface area contributed by atoms with Crippen molar-refractivity contribution in [3.05, 3.63) is 47.7 Å². The average Bonchev–Trinajstić information content (AvgIpc) is 3.16. The van der Waals surface area contributed by atoms with Gasteiger partial charge in [0.1, 0.15) is 13.2 Å². The topological polar surface area (TPSA) is 261 Å². The molecule has 57 heavy (non-hydrogen) atoms. The predicted molar refractivity (Wildman–Crippen MR) is 244 cm³/mol. The number of benzene rings is 2. The van der Waals surface area contributed by atoms with Gasteiger partial charge in [0.25, 0.3) is 35.4 Å². The molecule has 2 atom stereocenters. The van der Waals surface area contributed by atoms with Crippen LogP contribution in [0.2, 0.25) is 0 Å². The first kappa shape index (κ1) is 51.1. The third-order valence-electron chi connectivity index (χ3n) is 8.77. The van der Waals surface area contributed by atoms with Crippen molar-refractivity contribution in [3.63, 3.8) is 0 Å². The summed E-state index contributed by atoms with van der Waals surface area (Å²) in [5, 5.41) is 63.2. The number of anilines is 2. The molecule has 2 unspecified atom stereocenters. The van der Waals surface area contributed by atoms with Crippen LogP contribution in [0.25, 0.3) is 0 Å². The van der Waals surface area contributed by atoms with Gasteiger partial charge in [-0.2, -0.15) is 0 Å². The minimum atomic E-state index is -1.22. The quantitative estimate of drug-likeness (QED) is 0.0727. The summed E-state index contributed by atoms with van der Waals surface area (Å²) in [6.45, 7) is -0.00544. The van der Waals surface area contributed by atoms with Gasteiger partial charge in [-0.25, -0.2) is 0 Å². The monoisotopic (exact) mass is 1250 g/mol. The lowest BCUT2D eigenvalue weighted by molar-refractivity contribution is -0.121. The summed E-state index contributed by atoms with van der Waals surface area (Å²) in [7, 11) is 5.62. The smallest absolute Gasteiger partial charge is 0.255 e. The van der Waals surface area contributed by atoms with E-state index in [2.05, 4.69) is 10.6 Å². The largest absolute Gasteiger partial charge is 0.394 e. The molecule has 18 nitrogen and oxygen atoms in total. The van der Waals surface area contributed by atoms with Crippen molar-refractivity contribution < 1.29 is 59.4 Å². The Morgan fingerprint density at radius 3 is 1.32 bits per heavy atom. The minimum Gasteiger partial charge on any atom is -0.394 e. The van der Waals surface area contributed by atoms with Crippen LogP contribution in [-0.2, 0) is 9.59 Å². The fourth-order valence-electron chi connectivity index (χ4n) is 5.71. The summed E-state index contributed by atoms with van der Waals surface area (Å²) in [5.41, 5.74) is 1.43. The van der Waals surface area contributed by atoms with E-state index in [1.54, 1.807) is 13.8 Å². The Morgan fingerprint density at radius 1 is 0.561 bits per heavy atom. The van der Waals surface area contributed by atoms with Gasteiger partial charge in [0, 0.05) is 61.5 Å². The lowest BCUT2D eigenvalue weighted by Crippen LogP contribution is -2.38. The van der Waals surface area contributed by atoms with Crippen molar-refractivity contribution in [3.8, 4) is 0 Å². The van der Waals surface area contributed by atoms with E-state index < -0.39 is 74.1 Å². The molecule has 2 rings (SSSR count).